The van der Waals surface area contributed by atoms with Crippen molar-refractivity contribution in [2.45, 2.75) is 25.8 Å². The molecule has 11 heteroatoms. The number of anilines is 2. The smallest absolute Gasteiger partial charge is 0.411 e. The lowest BCUT2D eigenvalue weighted by atomic mass is 9.94. The van der Waals surface area contributed by atoms with Gasteiger partial charge in [0, 0.05) is 30.1 Å². The van der Waals surface area contributed by atoms with Crippen molar-refractivity contribution >= 4 is 46.5 Å². The molecule has 0 unspecified atom stereocenters. The molecular formula is C31H27ClF2N4O4. The summed E-state index contributed by atoms with van der Waals surface area (Å²) in [6.45, 7) is 1.94. The number of amides is 3. The standard InChI is InChI=1S/C31H27ClF2N4O4/c1-17-4-3-5-26(38-13-11-19(15-27(38)39)28-23(33)9-8-22(32)29(28)34)25-14-18(10-12-35-25)21-7-6-20(36-31(41)42-2)16-24(21)37-30(17)40/h3-4,6-10,12,14-17,26H,5,11,13H2,1-2H3,(H,36,41)(H,37,40)/b4-3-/t17-,26+/m1/s1. The van der Waals surface area contributed by atoms with E-state index in [9.17, 15) is 23.2 Å². The fourth-order valence-corrected chi connectivity index (χ4v) is 5.24. The van der Waals surface area contributed by atoms with Crippen LogP contribution in [0.4, 0.5) is 25.0 Å². The predicted molar refractivity (Wildman–Crippen MR) is 156 cm³/mol. The zero-order valence-corrected chi connectivity index (χ0v) is 23.5. The molecule has 2 aromatic carbocycles. The Bertz CT molecular complexity index is 1640. The summed E-state index contributed by atoms with van der Waals surface area (Å²) >= 11 is 5.88. The molecule has 3 amide bonds. The van der Waals surface area contributed by atoms with Crippen LogP contribution in [0, 0.1) is 17.6 Å². The first kappa shape index (κ1) is 28.9. The number of nitrogens with zero attached hydrogens (tertiary/aromatic N) is 2. The summed E-state index contributed by atoms with van der Waals surface area (Å²) in [4.78, 5) is 44.4. The maximum absolute atomic E-state index is 14.7. The molecule has 1 aromatic heterocycles. The van der Waals surface area contributed by atoms with Crippen LogP contribution in [0.15, 0.2) is 66.9 Å². The molecule has 0 saturated heterocycles. The molecule has 2 atom stereocenters. The molecule has 0 spiro atoms. The van der Waals surface area contributed by atoms with Gasteiger partial charge in [-0.1, -0.05) is 36.7 Å². The van der Waals surface area contributed by atoms with Crippen LogP contribution in [0.2, 0.25) is 5.02 Å². The lowest BCUT2D eigenvalue weighted by Gasteiger charge is -2.34. The van der Waals surface area contributed by atoms with Crippen LogP contribution in [0.1, 0.15) is 37.1 Å². The van der Waals surface area contributed by atoms with E-state index >= 15 is 0 Å². The molecule has 5 rings (SSSR count). The number of benzene rings is 2. The van der Waals surface area contributed by atoms with Gasteiger partial charge >= 0.3 is 6.09 Å². The Morgan fingerprint density at radius 3 is 2.74 bits per heavy atom. The second kappa shape index (κ2) is 12.1. The number of hydrogen-bond acceptors (Lipinski definition) is 5. The summed E-state index contributed by atoms with van der Waals surface area (Å²) in [5.74, 6) is -2.88. The maximum atomic E-state index is 14.7. The Labute approximate surface area is 246 Å². The van der Waals surface area contributed by atoms with E-state index in [2.05, 4.69) is 20.4 Å². The number of hydrogen-bond donors (Lipinski definition) is 2. The molecular weight excluding hydrogens is 566 g/mol. The Morgan fingerprint density at radius 1 is 1.17 bits per heavy atom. The second-order valence-corrected chi connectivity index (χ2v) is 10.4. The van der Waals surface area contributed by atoms with Gasteiger partial charge in [0.1, 0.15) is 5.82 Å². The normalized spacial score (nSPS) is 19.5. The molecule has 0 saturated carbocycles. The number of carbonyl (C=O) groups is 3. The average Bonchev–Trinajstić information content (AvgIpc) is 2.97. The number of methoxy groups -OCH3 is 1. The number of carbonyl (C=O) groups excluding carboxylic acids is 3. The highest BCUT2D eigenvalue weighted by Crippen LogP contribution is 2.37. The highest BCUT2D eigenvalue weighted by molar-refractivity contribution is 6.31. The summed E-state index contributed by atoms with van der Waals surface area (Å²) < 4.78 is 33.9. The monoisotopic (exact) mass is 592 g/mol. The summed E-state index contributed by atoms with van der Waals surface area (Å²) in [7, 11) is 1.26. The summed E-state index contributed by atoms with van der Waals surface area (Å²) in [6.07, 6.45) is 6.35. The molecule has 8 nitrogen and oxygen atoms in total. The number of aromatic nitrogens is 1. The Morgan fingerprint density at radius 2 is 1.98 bits per heavy atom. The number of nitrogens with one attached hydrogen (secondary N) is 2. The van der Waals surface area contributed by atoms with Crippen LogP contribution in [0.5, 0.6) is 0 Å². The van der Waals surface area contributed by atoms with Gasteiger partial charge < -0.3 is 15.0 Å². The lowest BCUT2D eigenvalue weighted by Crippen LogP contribution is -2.37. The van der Waals surface area contributed by atoms with Crippen LogP contribution in [-0.4, -0.2) is 41.4 Å². The Kier molecular flexibility index (Phi) is 8.35. The van der Waals surface area contributed by atoms with Crippen LogP contribution in [0.25, 0.3) is 16.7 Å². The number of pyridine rings is 1. The van der Waals surface area contributed by atoms with Crippen LogP contribution in [-0.2, 0) is 14.3 Å². The van der Waals surface area contributed by atoms with E-state index in [1.807, 2.05) is 12.1 Å². The molecule has 3 heterocycles. The van der Waals surface area contributed by atoms with E-state index in [1.165, 1.54) is 13.2 Å². The summed E-state index contributed by atoms with van der Waals surface area (Å²) in [5, 5.41) is 5.31. The van der Waals surface area contributed by atoms with Crippen LogP contribution >= 0.6 is 11.6 Å². The van der Waals surface area contributed by atoms with Crippen molar-refractivity contribution < 1.29 is 27.9 Å². The average molecular weight is 593 g/mol. The fourth-order valence-electron chi connectivity index (χ4n) is 5.08. The largest absolute Gasteiger partial charge is 0.453 e. The van der Waals surface area contributed by atoms with E-state index in [0.29, 0.717) is 29.1 Å². The van der Waals surface area contributed by atoms with Crippen molar-refractivity contribution in [2.24, 2.45) is 5.92 Å². The van der Waals surface area contributed by atoms with E-state index in [1.54, 1.807) is 48.4 Å². The maximum Gasteiger partial charge on any atom is 0.411 e. The lowest BCUT2D eigenvalue weighted by molar-refractivity contribution is -0.129. The van der Waals surface area contributed by atoms with Gasteiger partial charge in [0.15, 0.2) is 5.82 Å². The third-order valence-electron chi connectivity index (χ3n) is 7.28. The number of fused-ring (bicyclic) bond motifs is 4. The van der Waals surface area contributed by atoms with Crippen molar-refractivity contribution in [3.8, 4) is 11.1 Å². The van der Waals surface area contributed by atoms with Crippen molar-refractivity contribution in [1.82, 2.24) is 9.88 Å². The minimum atomic E-state index is -0.900. The molecule has 0 aliphatic carbocycles. The van der Waals surface area contributed by atoms with Gasteiger partial charge in [-0.05, 0) is 60.4 Å². The third kappa shape index (κ3) is 5.89. The minimum absolute atomic E-state index is 0.190. The minimum Gasteiger partial charge on any atom is -0.453 e. The first-order chi connectivity index (χ1) is 20.2. The van der Waals surface area contributed by atoms with Gasteiger partial charge in [0.05, 0.1) is 41.0 Å². The SMILES string of the molecule is COC(=O)Nc1ccc2c(c1)NC(=O)[C@H](C)/C=C\C[C@H](N1CCC(c3c(F)ccc(Cl)c3F)=CC1=O)c1cc-2ccn1. The number of rotatable bonds is 3. The van der Waals surface area contributed by atoms with E-state index in [4.69, 9.17) is 11.6 Å². The molecule has 0 radical (unpaired) electrons. The predicted octanol–water partition coefficient (Wildman–Crippen LogP) is 6.75. The zero-order valence-electron chi connectivity index (χ0n) is 22.8. The Balaban J connectivity index is 1.54. The van der Waals surface area contributed by atoms with E-state index < -0.39 is 35.6 Å². The first-order valence-electron chi connectivity index (χ1n) is 13.2. The number of ether oxygens (including phenoxy) is 1. The second-order valence-electron chi connectivity index (χ2n) is 9.97. The summed E-state index contributed by atoms with van der Waals surface area (Å²) in [5.41, 5.74) is 2.84. The third-order valence-corrected chi connectivity index (χ3v) is 7.58. The molecule has 3 aromatic rings. The van der Waals surface area contributed by atoms with Gasteiger partial charge in [-0.3, -0.25) is 19.9 Å². The van der Waals surface area contributed by atoms with E-state index in [-0.39, 0.29) is 35.0 Å². The highest BCUT2D eigenvalue weighted by atomic mass is 35.5. The molecule has 2 aliphatic heterocycles. The molecule has 2 aliphatic rings. The fraction of sp³-hybridized carbons (Fsp3) is 0.226. The van der Waals surface area contributed by atoms with Gasteiger partial charge in [-0.2, -0.15) is 0 Å². The van der Waals surface area contributed by atoms with Crippen LogP contribution < -0.4 is 10.6 Å². The molecule has 2 N–H and O–H groups in total. The molecule has 2 bridgehead atoms. The van der Waals surface area contributed by atoms with Crippen LogP contribution in [0.3, 0.4) is 0 Å². The number of halogens is 3. The van der Waals surface area contributed by atoms with Crippen molar-refractivity contribution in [2.75, 3.05) is 24.3 Å². The zero-order chi connectivity index (χ0) is 30.0. The van der Waals surface area contributed by atoms with Gasteiger partial charge in [0.2, 0.25) is 11.8 Å². The molecule has 216 valence electrons. The highest BCUT2D eigenvalue weighted by Gasteiger charge is 2.30. The summed E-state index contributed by atoms with van der Waals surface area (Å²) in [6, 6.07) is 10.4. The van der Waals surface area contributed by atoms with E-state index in [0.717, 1.165) is 17.7 Å². The van der Waals surface area contributed by atoms with Crippen molar-refractivity contribution in [1.29, 1.82) is 0 Å². The van der Waals surface area contributed by atoms with Gasteiger partial charge in [-0.25, -0.2) is 13.6 Å². The molecule has 0 fully saturated rings. The van der Waals surface area contributed by atoms with Gasteiger partial charge in [0.25, 0.3) is 0 Å². The van der Waals surface area contributed by atoms with Crippen molar-refractivity contribution in [3.05, 3.63) is 94.8 Å². The van der Waals surface area contributed by atoms with Gasteiger partial charge in [-0.15, -0.1) is 0 Å². The quantitative estimate of drug-likeness (QED) is 0.259. The topological polar surface area (TPSA) is 101 Å². The Hall–Kier alpha value is -4.57. The first-order valence-corrected chi connectivity index (χ1v) is 13.6. The van der Waals surface area contributed by atoms with Crippen molar-refractivity contribution in [3.63, 3.8) is 0 Å². The molecule has 42 heavy (non-hydrogen) atoms.